The molecule has 3 aliphatic carbocycles. The molecule has 0 heterocycles. The molecule has 0 spiro atoms. The van der Waals surface area contributed by atoms with Crippen molar-refractivity contribution in [1.29, 1.82) is 0 Å². The number of Topliss-reactive ketones (excluding diaryl/α,β-unsaturated/α-hetero) is 1. The Hall–Kier alpha value is -1.16. The largest absolute Gasteiger partial charge is 0.463 e. The number of hydrogen-bond acceptors (Lipinski definition) is 4. The number of esters is 1. The molecule has 2 saturated carbocycles. The van der Waals surface area contributed by atoms with Crippen LogP contribution in [0.15, 0.2) is 11.1 Å². The Labute approximate surface area is 157 Å². The van der Waals surface area contributed by atoms with E-state index in [-0.39, 0.29) is 29.4 Å². The van der Waals surface area contributed by atoms with Crippen LogP contribution in [0.25, 0.3) is 0 Å². The summed E-state index contributed by atoms with van der Waals surface area (Å²) in [5.74, 6) is 1.32. The molecule has 0 aromatic rings. The van der Waals surface area contributed by atoms with E-state index in [2.05, 4.69) is 13.8 Å². The lowest BCUT2D eigenvalue weighted by molar-refractivity contribution is -0.154. The Balaban J connectivity index is 1.90. The zero-order valence-electron chi connectivity index (χ0n) is 16.7. The first-order valence-corrected chi connectivity index (χ1v) is 10.3. The number of aliphatic hydroxyl groups excluding tert-OH is 1. The lowest BCUT2D eigenvalue weighted by atomic mass is 9.49. The molecule has 0 bridgehead atoms. The van der Waals surface area contributed by atoms with Crippen LogP contribution >= 0.6 is 0 Å². The van der Waals surface area contributed by atoms with Gasteiger partial charge in [0.2, 0.25) is 0 Å². The second kappa shape index (κ2) is 7.46. The fourth-order valence-electron chi connectivity index (χ4n) is 6.25. The summed E-state index contributed by atoms with van der Waals surface area (Å²) in [5.41, 5.74) is 2.38. The monoisotopic (exact) mass is 362 g/mol. The number of allylic oxidation sites excluding steroid dienone is 2. The van der Waals surface area contributed by atoms with Crippen LogP contribution in [-0.2, 0) is 14.3 Å². The van der Waals surface area contributed by atoms with Crippen LogP contribution in [0, 0.1) is 23.2 Å². The maximum Gasteiger partial charge on any atom is 0.302 e. The first kappa shape index (κ1) is 19.6. The predicted molar refractivity (Wildman–Crippen MR) is 100 cm³/mol. The highest BCUT2D eigenvalue weighted by atomic mass is 16.5. The number of carbonyl (C=O) groups excluding carboxylic acids is 2. The van der Waals surface area contributed by atoms with Crippen molar-refractivity contribution in [2.45, 2.75) is 91.3 Å². The van der Waals surface area contributed by atoms with Gasteiger partial charge in [0.1, 0.15) is 6.10 Å². The Morgan fingerprint density at radius 3 is 2.50 bits per heavy atom. The molecule has 0 aromatic heterocycles. The van der Waals surface area contributed by atoms with Gasteiger partial charge in [-0.05, 0) is 94.0 Å². The van der Waals surface area contributed by atoms with E-state index < -0.39 is 0 Å². The van der Waals surface area contributed by atoms with Gasteiger partial charge < -0.3 is 9.84 Å². The molecule has 2 fully saturated rings. The van der Waals surface area contributed by atoms with Gasteiger partial charge >= 0.3 is 5.97 Å². The standard InChI is InChI=1S/C22H34O4/c1-13-19(14(2)23)8-6-17(25)12-21-20(13)7-5-16-11-18(26-15(3)24)9-10-22(16,21)4/h16-18,20-21,25H,5-12H2,1-4H3/b19-13+/t16-,17+,18-,20-,21-,22-/m0/s1. The van der Waals surface area contributed by atoms with E-state index in [1.165, 1.54) is 12.5 Å². The van der Waals surface area contributed by atoms with Gasteiger partial charge in [-0.1, -0.05) is 12.5 Å². The highest BCUT2D eigenvalue weighted by molar-refractivity contribution is 5.94. The number of ether oxygens (including phenoxy) is 1. The minimum absolute atomic E-state index is 0.0463. The quantitative estimate of drug-likeness (QED) is 0.748. The molecule has 146 valence electrons. The van der Waals surface area contributed by atoms with Crippen LogP contribution < -0.4 is 0 Å². The van der Waals surface area contributed by atoms with Gasteiger partial charge in [-0.25, -0.2) is 0 Å². The molecule has 6 atom stereocenters. The summed E-state index contributed by atoms with van der Waals surface area (Å²) in [7, 11) is 0. The van der Waals surface area contributed by atoms with Crippen molar-refractivity contribution in [2.24, 2.45) is 23.2 Å². The fraction of sp³-hybridized carbons (Fsp3) is 0.818. The molecule has 0 radical (unpaired) electrons. The molecule has 0 aliphatic heterocycles. The number of ketones is 1. The van der Waals surface area contributed by atoms with Crippen LogP contribution in [-0.4, -0.2) is 29.1 Å². The van der Waals surface area contributed by atoms with Crippen molar-refractivity contribution in [2.75, 3.05) is 0 Å². The number of carbonyl (C=O) groups is 2. The van der Waals surface area contributed by atoms with E-state index in [1.54, 1.807) is 6.92 Å². The molecule has 4 nitrogen and oxygen atoms in total. The molecule has 0 unspecified atom stereocenters. The molecule has 0 amide bonds. The Kier molecular flexibility index (Phi) is 5.62. The normalized spacial score (nSPS) is 43.5. The Bertz CT molecular complexity index is 607. The van der Waals surface area contributed by atoms with Crippen molar-refractivity contribution in [3.05, 3.63) is 11.1 Å². The third-order valence-electron chi connectivity index (χ3n) is 7.69. The molecule has 4 heteroatoms. The van der Waals surface area contributed by atoms with Gasteiger partial charge in [0.25, 0.3) is 0 Å². The average molecular weight is 363 g/mol. The van der Waals surface area contributed by atoms with E-state index >= 15 is 0 Å². The van der Waals surface area contributed by atoms with Crippen molar-refractivity contribution < 1.29 is 19.4 Å². The summed E-state index contributed by atoms with van der Waals surface area (Å²) >= 11 is 0. The SMILES string of the molecule is CC(=O)O[C@H]1CC[C@@]2(C)[C@@H](CC[C@H]3/C(C)=C(/C(C)=O)CC[C@@H](O)C[C@@H]32)C1. The predicted octanol–water partition coefficient (Wildman–Crippen LogP) is 4.20. The van der Waals surface area contributed by atoms with Crippen molar-refractivity contribution in [3.63, 3.8) is 0 Å². The molecule has 26 heavy (non-hydrogen) atoms. The smallest absolute Gasteiger partial charge is 0.302 e. The van der Waals surface area contributed by atoms with E-state index in [4.69, 9.17) is 4.74 Å². The summed E-state index contributed by atoms with van der Waals surface area (Å²) in [4.78, 5) is 23.5. The topological polar surface area (TPSA) is 63.6 Å². The van der Waals surface area contributed by atoms with Crippen LogP contribution in [0.3, 0.4) is 0 Å². The summed E-state index contributed by atoms with van der Waals surface area (Å²) in [6.07, 6.45) is 7.03. The number of rotatable bonds is 2. The minimum Gasteiger partial charge on any atom is -0.463 e. The van der Waals surface area contributed by atoms with Gasteiger partial charge in [0, 0.05) is 6.92 Å². The van der Waals surface area contributed by atoms with E-state index in [9.17, 15) is 14.7 Å². The Morgan fingerprint density at radius 2 is 1.85 bits per heavy atom. The zero-order chi connectivity index (χ0) is 19.1. The molecule has 3 aliphatic rings. The van der Waals surface area contributed by atoms with Crippen LogP contribution in [0.4, 0.5) is 0 Å². The Morgan fingerprint density at radius 1 is 1.12 bits per heavy atom. The average Bonchev–Trinajstić information content (AvgIpc) is 2.54. The maximum atomic E-state index is 12.2. The second-order valence-corrected chi connectivity index (χ2v) is 9.14. The van der Waals surface area contributed by atoms with Crippen molar-refractivity contribution in [3.8, 4) is 0 Å². The van der Waals surface area contributed by atoms with Gasteiger partial charge in [0.15, 0.2) is 5.78 Å². The first-order chi connectivity index (χ1) is 12.2. The lowest BCUT2D eigenvalue weighted by Gasteiger charge is -2.56. The van der Waals surface area contributed by atoms with E-state index in [0.29, 0.717) is 30.6 Å². The maximum absolute atomic E-state index is 12.2. The van der Waals surface area contributed by atoms with Gasteiger partial charge in [0.05, 0.1) is 6.10 Å². The van der Waals surface area contributed by atoms with E-state index in [0.717, 1.165) is 44.1 Å². The zero-order valence-corrected chi connectivity index (χ0v) is 16.7. The van der Waals surface area contributed by atoms with Gasteiger partial charge in [-0.15, -0.1) is 0 Å². The summed E-state index contributed by atoms with van der Waals surface area (Å²) in [6, 6.07) is 0. The molecule has 0 saturated heterocycles. The van der Waals surface area contributed by atoms with Crippen molar-refractivity contribution >= 4 is 11.8 Å². The molecular weight excluding hydrogens is 328 g/mol. The van der Waals surface area contributed by atoms with Crippen LogP contribution in [0.5, 0.6) is 0 Å². The summed E-state index contributed by atoms with van der Waals surface area (Å²) < 4.78 is 5.51. The molecule has 0 aromatic carbocycles. The number of hydrogen-bond donors (Lipinski definition) is 1. The summed E-state index contributed by atoms with van der Waals surface area (Å²) in [5, 5.41) is 10.6. The highest BCUT2D eigenvalue weighted by Crippen LogP contribution is 2.59. The summed E-state index contributed by atoms with van der Waals surface area (Å²) in [6.45, 7) is 7.70. The van der Waals surface area contributed by atoms with Gasteiger partial charge in [-0.3, -0.25) is 9.59 Å². The molecular formula is C22H34O4. The number of aliphatic hydroxyl groups is 1. The highest BCUT2D eigenvalue weighted by Gasteiger charge is 2.52. The molecule has 3 rings (SSSR count). The third kappa shape index (κ3) is 3.62. The van der Waals surface area contributed by atoms with Crippen LogP contribution in [0.1, 0.15) is 79.1 Å². The van der Waals surface area contributed by atoms with E-state index in [1.807, 2.05) is 0 Å². The first-order valence-electron chi connectivity index (χ1n) is 10.3. The second-order valence-electron chi connectivity index (χ2n) is 9.14. The third-order valence-corrected chi connectivity index (χ3v) is 7.69. The number of fused-ring (bicyclic) bond motifs is 3. The fourth-order valence-corrected chi connectivity index (χ4v) is 6.25. The van der Waals surface area contributed by atoms with Crippen molar-refractivity contribution in [1.82, 2.24) is 0 Å². The molecule has 1 N–H and O–H groups in total. The lowest BCUT2D eigenvalue weighted by Crippen LogP contribution is -2.50. The van der Waals surface area contributed by atoms with Crippen LogP contribution in [0.2, 0.25) is 0 Å². The minimum atomic E-state index is -0.327. The van der Waals surface area contributed by atoms with Gasteiger partial charge in [-0.2, -0.15) is 0 Å².